The van der Waals surface area contributed by atoms with E-state index in [1.54, 1.807) is 0 Å². The van der Waals surface area contributed by atoms with Gasteiger partial charge >= 0.3 is 12.1 Å². The van der Waals surface area contributed by atoms with E-state index < -0.39 is 24.4 Å². The van der Waals surface area contributed by atoms with Crippen molar-refractivity contribution in [2.45, 2.75) is 130 Å². The molecule has 4 fully saturated rings. The van der Waals surface area contributed by atoms with E-state index >= 15 is 0 Å². The molecule has 0 N–H and O–H groups in total. The Balaban J connectivity index is 1.39. The van der Waals surface area contributed by atoms with Crippen LogP contribution in [0, 0.1) is 52.3 Å². The molecular formula is C30H48F4O2. The van der Waals surface area contributed by atoms with Crippen molar-refractivity contribution in [2.24, 2.45) is 52.3 Å². The molecule has 1 unspecified atom stereocenters. The first-order valence-corrected chi connectivity index (χ1v) is 14.7. The van der Waals surface area contributed by atoms with Crippen LogP contribution in [0.3, 0.4) is 0 Å². The normalized spacial score (nSPS) is 42.3. The molecule has 0 bridgehead atoms. The van der Waals surface area contributed by atoms with Crippen molar-refractivity contribution in [3.05, 3.63) is 0 Å². The maximum Gasteiger partial charge on any atom is 0.430 e. The second-order valence-corrected chi connectivity index (χ2v) is 13.9. The van der Waals surface area contributed by atoms with Gasteiger partial charge in [-0.15, -0.1) is 0 Å². The Kier molecular flexibility index (Phi) is 8.14. The molecule has 0 heterocycles. The van der Waals surface area contributed by atoms with E-state index in [9.17, 15) is 22.4 Å². The number of esters is 1. The van der Waals surface area contributed by atoms with Crippen LogP contribution < -0.4 is 0 Å². The van der Waals surface area contributed by atoms with Gasteiger partial charge in [0.15, 0.2) is 0 Å². The zero-order valence-electron chi connectivity index (χ0n) is 23.0. The van der Waals surface area contributed by atoms with Gasteiger partial charge in [0.05, 0.1) is 0 Å². The summed E-state index contributed by atoms with van der Waals surface area (Å²) >= 11 is 0. The average Bonchev–Trinajstić information content (AvgIpc) is 3.15. The maximum atomic E-state index is 13.4. The molecule has 4 saturated carbocycles. The van der Waals surface area contributed by atoms with E-state index in [1.165, 1.54) is 51.4 Å². The summed E-state index contributed by atoms with van der Waals surface area (Å²) in [6.07, 6.45) is 4.09. The molecule has 0 aromatic rings. The number of fused-ring (bicyclic) bond motifs is 5. The van der Waals surface area contributed by atoms with Gasteiger partial charge in [-0.1, -0.05) is 53.9 Å². The highest BCUT2D eigenvalue weighted by molar-refractivity contribution is 5.75. The second kappa shape index (κ2) is 10.4. The molecule has 0 aliphatic heterocycles. The van der Waals surface area contributed by atoms with E-state index in [4.69, 9.17) is 4.74 Å². The Morgan fingerprint density at radius 1 is 0.917 bits per heavy atom. The summed E-state index contributed by atoms with van der Waals surface area (Å²) < 4.78 is 56.3. The molecular weight excluding hydrogens is 468 g/mol. The zero-order chi connectivity index (χ0) is 26.5. The summed E-state index contributed by atoms with van der Waals surface area (Å²) in [5, 5.41) is 0. The van der Waals surface area contributed by atoms with Crippen LogP contribution in [-0.2, 0) is 9.53 Å². The summed E-state index contributed by atoms with van der Waals surface area (Å²) in [5.74, 6) is 3.10. The van der Waals surface area contributed by atoms with Crippen molar-refractivity contribution < 1.29 is 27.1 Å². The summed E-state index contributed by atoms with van der Waals surface area (Å²) in [5.41, 5.74) is 0.579. The highest BCUT2D eigenvalue weighted by Gasteiger charge is 2.61. The topological polar surface area (TPSA) is 26.3 Å². The minimum atomic E-state index is -5.20. The quantitative estimate of drug-likeness (QED) is 0.249. The summed E-state index contributed by atoms with van der Waals surface area (Å²) in [7, 11) is 0. The lowest BCUT2D eigenvalue weighted by molar-refractivity contribution is -0.208. The van der Waals surface area contributed by atoms with Crippen LogP contribution in [-0.4, -0.2) is 24.4 Å². The van der Waals surface area contributed by atoms with Gasteiger partial charge in [0.1, 0.15) is 6.10 Å². The molecule has 0 spiro atoms. The molecule has 0 radical (unpaired) electrons. The molecule has 4 aliphatic carbocycles. The lowest BCUT2D eigenvalue weighted by atomic mass is 9.44. The Morgan fingerprint density at radius 3 is 2.25 bits per heavy atom. The molecule has 2 nitrogen and oxygen atoms in total. The predicted octanol–water partition coefficient (Wildman–Crippen LogP) is 8.92. The minimum absolute atomic E-state index is 0.146. The van der Waals surface area contributed by atoms with E-state index in [-0.39, 0.29) is 5.41 Å². The van der Waals surface area contributed by atoms with E-state index in [0.29, 0.717) is 30.1 Å². The summed E-state index contributed by atoms with van der Waals surface area (Å²) in [6.45, 7) is 12.1. The maximum absolute atomic E-state index is 13.4. The highest BCUT2D eigenvalue weighted by atomic mass is 19.4. The van der Waals surface area contributed by atoms with Gasteiger partial charge in [0.25, 0.3) is 6.17 Å². The van der Waals surface area contributed by atoms with Crippen molar-refractivity contribution in [3.63, 3.8) is 0 Å². The number of ether oxygens (including phenoxy) is 1. The molecule has 0 aromatic carbocycles. The average molecular weight is 517 g/mol. The molecule has 0 aromatic heterocycles. The van der Waals surface area contributed by atoms with Gasteiger partial charge < -0.3 is 4.74 Å². The molecule has 36 heavy (non-hydrogen) atoms. The van der Waals surface area contributed by atoms with Crippen molar-refractivity contribution in [2.75, 3.05) is 0 Å². The Hall–Kier alpha value is -0.810. The first-order valence-electron chi connectivity index (χ1n) is 14.7. The monoisotopic (exact) mass is 516 g/mol. The van der Waals surface area contributed by atoms with Crippen LogP contribution >= 0.6 is 0 Å². The fourth-order valence-corrected chi connectivity index (χ4v) is 9.71. The molecule has 6 heteroatoms. The van der Waals surface area contributed by atoms with Crippen LogP contribution in [0.25, 0.3) is 0 Å². The number of carbonyl (C=O) groups is 1. The van der Waals surface area contributed by atoms with Crippen molar-refractivity contribution in [1.82, 2.24) is 0 Å². The Morgan fingerprint density at radius 2 is 1.58 bits per heavy atom. The fraction of sp³-hybridized carbons (Fsp3) is 0.967. The van der Waals surface area contributed by atoms with Gasteiger partial charge in [-0.3, -0.25) is 0 Å². The van der Waals surface area contributed by atoms with E-state index in [0.717, 1.165) is 42.4 Å². The Labute approximate surface area is 215 Å². The molecule has 10 atom stereocenters. The second-order valence-electron chi connectivity index (χ2n) is 13.9. The highest BCUT2D eigenvalue weighted by Crippen LogP contribution is 2.68. The van der Waals surface area contributed by atoms with Crippen molar-refractivity contribution in [1.29, 1.82) is 0 Å². The third kappa shape index (κ3) is 5.22. The number of hydrogen-bond donors (Lipinski definition) is 0. The number of rotatable bonds is 7. The number of alkyl halides is 4. The van der Waals surface area contributed by atoms with Crippen molar-refractivity contribution in [3.8, 4) is 0 Å². The van der Waals surface area contributed by atoms with Gasteiger partial charge in [-0.25, -0.2) is 9.18 Å². The van der Waals surface area contributed by atoms with Crippen LogP contribution in [0.2, 0.25) is 0 Å². The van der Waals surface area contributed by atoms with E-state index in [2.05, 4.69) is 34.6 Å². The van der Waals surface area contributed by atoms with Gasteiger partial charge in [-0.2, -0.15) is 13.2 Å². The fourth-order valence-electron chi connectivity index (χ4n) is 9.71. The van der Waals surface area contributed by atoms with E-state index in [1.807, 2.05) is 0 Å². The van der Waals surface area contributed by atoms with Crippen LogP contribution in [0.4, 0.5) is 17.6 Å². The van der Waals surface area contributed by atoms with Crippen LogP contribution in [0.5, 0.6) is 0 Å². The van der Waals surface area contributed by atoms with Crippen molar-refractivity contribution >= 4 is 5.97 Å². The Bertz CT molecular complexity index is 781. The number of carbonyl (C=O) groups excluding carboxylic acids is 1. The molecule has 4 aliphatic rings. The minimum Gasteiger partial charge on any atom is -0.460 e. The summed E-state index contributed by atoms with van der Waals surface area (Å²) in [4.78, 5) is 11.8. The first kappa shape index (κ1) is 28.2. The summed E-state index contributed by atoms with van der Waals surface area (Å²) in [6, 6.07) is 0. The smallest absolute Gasteiger partial charge is 0.430 e. The number of hydrogen-bond acceptors (Lipinski definition) is 2. The molecule has 0 saturated heterocycles. The van der Waals surface area contributed by atoms with Gasteiger partial charge in [-0.05, 0) is 110 Å². The molecule has 208 valence electrons. The van der Waals surface area contributed by atoms with Gasteiger partial charge in [0, 0.05) is 0 Å². The molecule has 4 rings (SSSR count). The third-order valence-corrected chi connectivity index (χ3v) is 11.6. The van der Waals surface area contributed by atoms with Crippen LogP contribution in [0.1, 0.15) is 112 Å². The zero-order valence-corrected chi connectivity index (χ0v) is 23.0. The van der Waals surface area contributed by atoms with Gasteiger partial charge in [0.2, 0.25) is 0 Å². The third-order valence-electron chi connectivity index (χ3n) is 11.6. The SMILES string of the molecule is CC(C)CCC[C@@H](C)[C@H]1CC[C@H]2[C@@H]3CC[C@H]4C[C@@H](OC(=O)C(F)C(F)(F)F)CC[C@]4(C)[C@H]3CC[C@]12C. The predicted molar refractivity (Wildman–Crippen MR) is 134 cm³/mol. The molecule has 0 amide bonds. The lowest BCUT2D eigenvalue weighted by Crippen LogP contribution is -2.54. The number of halogens is 4. The first-order chi connectivity index (χ1) is 16.8. The lowest BCUT2D eigenvalue weighted by Gasteiger charge is -2.61. The largest absolute Gasteiger partial charge is 0.460 e. The van der Waals surface area contributed by atoms with Crippen LogP contribution in [0.15, 0.2) is 0 Å². The standard InChI is InChI=1S/C30H48F4O2/c1-18(2)7-6-8-19(3)23-11-12-24-22-10-9-20-17-21(36-27(35)26(31)30(32,33)34)13-15-28(20,4)25(22)14-16-29(23,24)5/h18-26H,6-17H2,1-5H3/t19-,20+,21+,22+,23-,24+,25+,26?,28+,29-/m1/s1.